The maximum atomic E-state index is 11.6. The standard InChI is InChI=1S/C10H12O4S/c1-5(2)10(3)7-4-6-8(13-7)9(10)14-15(6,11)12/h4-5,9H,1-3H3. The minimum absolute atomic E-state index is 0.223. The first-order valence-electron chi connectivity index (χ1n) is 4.95. The average molecular weight is 228 g/mol. The fourth-order valence-corrected chi connectivity index (χ4v) is 3.63. The van der Waals surface area contributed by atoms with Gasteiger partial charge in [-0.1, -0.05) is 13.8 Å². The lowest BCUT2D eigenvalue weighted by molar-refractivity contribution is 0.108. The van der Waals surface area contributed by atoms with Gasteiger partial charge in [-0.15, -0.1) is 0 Å². The molecule has 4 nitrogen and oxygen atoms in total. The summed E-state index contributed by atoms with van der Waals surface area (Å²) in [5.74, 6) is 1.48. The Labute approximate surface area is 88.4 Å². The van der Waals surface area contributed by atoms with Crippen molar-refractivity contribution in [1.29, 1.82) is 0 Å². The Morgan fingerprint density at radius 1 is 1.47 bits per heavy atom. The van der Waals surface area contributed by atoms with E-state index in [0.717, 1.165) is 5.76 Å². The molecule has 0 radical (unpaired) electrons. The first kappa shape index (κ1) is 9.42. The van der Waals surface area contributed by atoms with Gasteiger partial charge in [-0.05, 0) is 12.8 Å². The van der Waals surface area contributed by atoms with Gasteiger partial charge < -0.3 is 4.42 Å². The van der Waals surface area contributed by atoms with Crippen molar-refractivity contribution in [2.45, 2.75) is 37.2 Å². The molecule has 15 heavy (non-hydrogen) atoms. The van der Waals surface area contributed by atoms with Crippen LogP contribution in [0.2, 0.25) is 0 Å². The quantitative estimate of drug-likeness (QED) is 0.689. The first-order chi connectivity index (χ1) is 6.87. The molecule has 0 aliphatic carbocycles. The van der Waals surface area contributed by atoms with E-state index >= 15 is 0 Å². The Morgan fingerprint density at radius 3 is 2.73 bits per heavy atom. The van der Waals surface area contributed by atoms with Crippen LogP contribution in [0.4, 0.5) is 0 Å². The Morgan fingerprint density at radius 2 is 2.13 bits per heavy atom. The summed E-state index contributed by atoms with van der Waals surface area (Å²) in [5, 5.41) is 0. The van der Waals surface area contributed by atoms with Gasteiger partial charge in [-0.25, -0.2) is 0 Å². The Hall–Kier alpha value is -0.810. The van der Waals surface area contributed by atoms with Crippen LogP contribution >= 0.6 is 0 Å². The van der Waals surface area contributed by atoms with Crippen LogP contribution in [0.25, 0.3) is 0 Å². The van der Waals surface area contributed by atoms with Gasteiger partial charge in [-0.2, -0.15) is 8.42 Å². The van der Waals surface area contributed by atoms with Crippen LogP contribution in [0.15, 0.2) is 15.4 Å². The molecule has 1 aromatic rings. The number of hydrogen-bond donors (Lipinski definition) is 0. The van der Waals surface area contributed by atoms with E-state index in [2.05, 4.69) is 0 Å². The molecule has 2 atom stereocenters. The monoisotopic (exact) mass is 228 g/mol. The normalized spacial score (nSPS) is 35.3. The molecule has 0 aromatic carbocycles. The summed E-state index contributed by atoms with van der Waals surface area (Å²) in [5.41, 5.74) is -0.345. The summed E-state index contributed by atoms with van der Waals surface area (Å²) in [6, 6.07) is 1.61. The minimum atomic E-state index is -3.56. The summed E-state index contributed by atoms with van der Waals surface area (Å²) in [6.45, 7) is 6.07. The number of hydrogen-bond acceptors (Lipinski definition) is 4. The van der Waals surface area contributed by atoms with Gasteiger partial charge in [0, 0.05) is 6.07 Å². The van der Waals surface area contributed by atoms with Crippen molar-refractivity contribution in [2.24, 2.45) is 5.92 Å². The summed E-state index contributed by atoms with van der Waals surface area (Å²) < 4.78 is 33.8. The maximum Gasteiger partial charge on any atom is 0.301 e. The van der Waals surface area contributed by atoms with Crippen LogP contribution < -0.4 is 0 Å². The van der Waals surface area contributed by atoms with E-state index in [1.165, 1.54) is 0 Å². The van der Waals surface area contributed by atoms with Gasteiger partial charge in [-0.3, -0.25) is 4.18 Å². The van der Waals surface area contributed by atoms with E-state index in [9.17, 15) is 8.42 Å². The molecule has 0 N–H and O–H groups in total. The first-order valence-corrected chi connectivity index (χ1v) is 6.35. The van der Waals surface area contributed by atoms with E-state index in [-0.39, 0.29) is 16.2 Å². The van der Waals surface area contributed by atoms with Gasteiger partial charge in [0.15, 0.2) is 5.76 Å². The summed E-state index contributed by atoms with van der Waals surface area (Å²) >= 11 is 0. The molecule has 2 aliphatic heterocycles. The summed E-state index contributed by atoms with van der Waals surface area (Å²) in [4.78, 5) is 0.223. The molecule has 2 aliphatic rings. The topological polar surface area (TPSA) is 56.5 Å². The van der Waals surface area contributed by atoms with Crippen molar-refractivity contribution in [3.63, 3.8) is 0 Å². The van der Waals surface area contributed by atoms with Crippen molar-refractivity contribution in [2.75, 3.05) is 0 Å². The third-order valence-corrected chi connectivity index (χ3v) is 5.03. The van der Waals surface area contributed by atoms with E-state index < -0.39 is 16.2 Å². The highest BCUT2D eigenvalue weighted by Crippen LogP contribution is 2.59. The van der Waals surface area contributed by atoms with Crippen molar-refractivity contribution in [3.05, 3.63) is 17.6 Å². The average Bonchev–Trinajstić information content (AvgIpc) is 2.69. The highest BCUT2D eigenvalue weighted by molar-refractivity contribution is 7.87. The molecule has 0 saturated heterocycles. The largest absolute Gasteiger partial charge is 0.461 e. The molecule has 0 saturated carbocycles. The molecule has 82 valence electrons. The number of rotatable bonds is 1. The lowest BCUT2D eigenvalue weighted by Gasteiger charge is -2.31. The summed E-state index contributed by atoms with van der Waals surface area (Å²) in [6.07, 6.45) is -0.447. The van der Waals surface area contributed by atoms with Crippen molar-refractivity contribution in [1.82, 2.24) is 0 Å². The molecule has 5 heteroatoms. The second kappa shape index (κ2) is 2.30. The third kappa shape index (κ3) is 0.846. The predicted octanol–water partition coefficient (Wildman–Crippen LogP) is 1.97. The van der Waals surface area contributed by atoms with E-state index in [0.29, 0.717) is 5.76 Å². The molecule has 0 fully saturated rings. The lowest BCUT2D eigenvalue weighted by atomic mass is 9.71. The molecular weight excluding hydrogens is 216 g/mol. The highest BCUT2D eigenvalue weighted by atomic mass is 32.2. The van der Waals surface area contributed by atoms with Gasteiger partial charge >= 0.3 is 10.1 Å². The molecule has 3 heterocycles. The zero-order chi connectivity index (χ0) is 11.0. The van der Waals surface area contributed by atoms with Crippen LogP contribution in [0, 0.1) is 5.92 Å². The molecular formula is C10H12O4S. The minimum Gasteiger partial charge on any atom is -0.461 e. The Bertz CT molecular complexity index is 540. The zero-order valence-corrected chi connectivity index (χ0v) is 9.59. The summed E-state index contributed by atoms with van der Waals surface area (Å²) in [7, 11) is -3.56. The second-order valence-electron chi connectivity index (χ2n) is 4.71. The fraction of sp³-hybridized carbons (Fsp3) is 0.600. The maximum absolute atomic E-state index is 11.6. The smallest absolute Gasteiger partial charge is 0.301 e. The number of furan rings is 1. The van der Waals surface area contributed by atoms with Gasteiger partial charge in [0.25, 0.3) is 0 Å². The van der Waals surface area contributed by atoms with Crippen LogP contribution in [0.3, 0.4) is 0 Å². The van der Waals surface area contributed by atoms with Crippen LogP contribution in [-0.4, -0.2) is 8.42 Å². The lowest BCUT2D eigenvalue weighted by Crippen LogP contribution is -2.33. The fourth-order valence-electron chi connectivity index (χ4n) is 2.34. The van der Waals surface area contributed by atoms with Gasteiger partial charge in [0.2, 0.25) is 0 Å². The molecule has 1 aromatic heterocycles. The van der Waals surface area contributed by atoms with Crippen molar-refractivity contribution in [3.8, 4) is 0 Å². The molecule has 0 spiro atoms. The second-order valence-corrected chi connectivity index (χ2v) is 6.25. The van der Waals surface area contributed by atoms with Crippen molar-refractivity contribution >= 4 is 10.1 Å². The predicted molar refractivity (Wildman–Crippen MR) is 51.9 cm³/mol. The molecule has 0 amide bonds. The highest BCUT2D eigenvalue weighted by Gasteiger charge is 2.59. The van der Waals surface area contributed by atoms with Crippen LogP contribution in [0.1, 0.15) is 38.4 Å². The SMILES string of the molecule is CC(C)C1(C)c2cc3c(o2)C1OS3(=O)=O. The van der Waals surface area contributed by atoms with Gasteiger partial charge in [0.1, 0.15) is 16.8 Å². The van der Waals surface area contributed by atoms with E-state index in [4.69, 9.17) is 8.60 Å². The van der Waals surface area contributed by atoms with Gasteiger partial charge in [0.05, 0.1) is 5.41 Å². The third-order valence-electron chi connectivity index (χ3n) is 3.73. The Kier molecular flexibility index (Phi) is 1.44. The zero-order valence-electron chi connectivity index (χ0n) is 8.77. The number of fused-ring (bicyclic) bond motifs is 1. The molecule has 3 rings (SSSR count). The van der Waals surface area contributed by atoms with E-state index in [1.54, 1.807) is 6.07 Å². The van der Waals surface area contributed by atoms with E-state index in [1.807, 2.05) is 20.8 Å². The van der Waals surface area contributed by atoms with Crippen molar-refractivity contribution < 1.29 is 17.0 Å². The Balaban J connectivity index is 2.27. The molecule has 2 unspecified atom stereocenters. The van der Waals surface area contributed by atoms with Crippen LogP contribution in [-0.2, 0) is 19.7 Å². The molecule has 2 bridgehead atoms. The van der Waals surface area contributed by atoms with Crippen LogP contribution in [0.5, 0.6) is 0 Å².